The molecule has 14 heteroatoms. The highest BCUT2D eigenvalue weighted by atomic mass is 32.1. The van der Waals surface area contributed by atoms with Crippen LogP contribution in [0.4, 0.5) is 4.39 Å². The summed E-state index contributed by atoms with van der Waals surface area (Å²) in [6.45, 7) is 9.65. The Bertz CT molecular complexity index is 1820. The first-order chi connectivity index (χ1) is 21.5. The number of hydrogen-bond acceptors (Lipinski definition) is 9. The van der Waals surface area contributed by atoms with E-state index in [9.17, 15) is 18.8 Å². The van der Waals surface area contributed by atoms with Gasteiger partial charge in [-0.3, -0.25) is 14.2 Å². The Balaban J connectivity index is 1.77. The second-order valence-corrected chi connectivity index (χ2v) is 12.4. The van der Waals surface area contributed by atoms with Crippen molar-refractivity contribution in [1.29, 1.82) is 0 Å². The van der Waals surface area contributed by atoms with E-state index in [2.05, 4.69) is 16.8 Å². The van der Waals surface area contributed by atoms with Crippen LogP contribution in [0, 0.1) is 12.7 Å². The molecule has 0 radical (unpaired) electrons. The Morgan fingerprint density at radius 1 is 1.27 bits per heavy atom. The average molecular weight is 641 g/mol. The average Bonchev–Trinajstić information content (AvgIpc) is 3.67. The fraction of sp³-hybridized carbons (Fsp3) is 0.452. The van der Waals surface area contributed by atoms with E-state index >= 15 is 0 Å². The summed E-state index contributed by atoms with van der Waals surface area (Å²) in [5, 5.41) is 9.26. The number of thiophene rings is 1. The van der Waals surface area contributed by atoms with Crippen LogP contribution in [-0.2, 0) is 26.4 Å². The number of carbonyl (C=O) groups is 1. The summed E-state index contributed by atoms with van der Waals surface area (Å²) in [6, 6.07) is 4.13. The third-order valence-corrected chi connectivity index (χ3v) is 9.31. The molecule has 1 atom stereocenters. The normalized spacial score (nSPS) is 14.9. The smallest absolute Gasteiger partial charge is 0.333 e. The summed E-state index contributed by atoms with van der Waals surface area (Å²) in [7, 11) is 3.06. The van der Waals surface area contributed by atoms with Gasteiger partial charge in [0.05, 0.1) is 37.5 Å². The zero-order chi connectivity index (χ0) is 32.5. The molecule has 240 valence electrons. The quantitative estimate of drug-likeness (QED) is 0.228. The molecule has 0 aliphatic carbocycles. The fourth-order valence-electron chi connectivity index (χ4n) is 5.72. The summed E-state index contributed by atoms with van der Waals surface area (Å²) in [4.78, 5) is 45.6. The van der Waals surface area contributed by atoms with Crippen molar-refractivity contribution in [3.8, 4) is 10.8 Å². The minimum absolute atomic E-state index is 0.106. The lowest BCUT2D eigenvalue weighted by Crippen LogP contribution is -2.56. The lowest BCUT2D eigenvalue weighted by molar-refractivity contribution is -0.137. The molecule has 0 N–H and O–H groups in total. The van der Waals surface area contributed by atoms with Crippen LogP contribution < -0.4 is 16.0 Å². The second-order valence-electron chi connectivity index (χ2n) is 11.4. The van der Waals surface area contributed by atoms with Crippen molar-refractivity contribution in [2.24, 2.45) is 0 Å². The number of ether oxygens (including phenoxy) is 3. The second kappa shape index (κ2) is 13.1. The van der Waals surface area contributed by atoms with Gasteiger partial charge in [0.25, 0.3) is 5.56 Å². The monoisotopic (exact) mass is 640 g/mol. The van der Waals surface area contributed by atoms with Gasteiger partial charge < -0.3 is 19.1 Å². The van der Waals surface area contributed by atoms with Crippen molar-refractivity contribution in [3.05, 3.63) is 81.0 Å². The molecule has 5 rings (SSSR count). The Morgan fingerprint density at radius 2 is 1.96 bits per heavy atom. The Hall–Kier alpha value is -4.14. The Labute approximate surface area is 263 Å². The van der Waals surface area contributed by atoms with Gasteiger partial charge >= 0.3 is 5.69 Å². The van der Waals surface area contributed by atoms with Crippen LogP contribution in [-0.4, -0.2) is 75.0 Å². The topological polar surface area (TPSA) is 123 Å². The van der Waals surface area contributed by atoms with Crippen LogP contribution in [0.1, 0.15) is 43.9 Å². The minimum atomic E-state index is -1.58. The highest BCUT2D eigenvalue weighted by Crippen LogP contribution is 2.35. The van der Waals surface area contributed by atoms with Crippen LogP contribution in [0.25, 0.3) is 15.2 Å². The summed E-state index contributed by atoms with van der Waals surface area (Å²) >= 11 is 1.17. The van der Waals surface area contributed by atoms with E-state index in [1.807, 2.05) is 0 Å². The molecule has 1 aliphatic rings. The largest absolute Gasteiger partial charge is 0.496 e. The molecule has 3 aromatic heterocycles. The van der Waals surface area contributed by atoms with Crippen molar-refractivity contribution in [2.45, 2.75) is 57.9 Å². The molecule has 45 heavy (non-hydrogen) atoms. The number of rotatable bonds is 11. The van der Waals surface area contributed by atoms with E-state index in [4.69, 9.17) is 14.2 Å². The maximum absolute atomic E-state index is 14.7. The number of likely N-dealkylation sites (N-methyl/N-ethyl adjacent to an activating group) is 1. The lowest BCUT2D eigenvalue weighted by Gasteiger charge is -2.32. The summed E-state index contributed by atoms with van der Waals surface area (Å²) < 4.78 is 34.8. The molecule has 0 bridgehead atoms. The van der Waals surface area contributed by atoms with Gasteiger partial charge in [0.15, 0.2) is 0 Å². The maximum atomic E-state index is 14.7. The molecule has 1 fully saturated rings. The maximum Gasteiger partial charge on any atom is 0.333 e. The number of methoxy groups -OCH3 is 1. The van der Waals surface area contributed by atoms with Crippen molar-refractivity contribution in [1.82, 2.24) is 29.0 Å². The zero-order valence-electron chi connectivity index (χ0n) is 26.0. The van der Waals surface area contributed by atoms with E-state index in [1.165, 1.54) is 77.2 Å². The van der Waals surface area contributed by atoms with Gasteiger partial charge in [0.2, 0.25) is 5.91 Å². The number of carbonyl (C=O) groups excluding carboxylic acids is 1. The first kappa shape index (κ1) is 32.3. The molecule has 1 amide bonds. The molecule has 1 aliphatic heterocycles. The first-order valence-electron chi connectivity index (χ1n) is 14.6. The highest BCUT2D eigenvalue weighted by molar-refractivity contribution is 7.21. The number of benzene rings is 1. The van der Waals surface area contributed by atoms with Crippen molar-refractivity contribution >= 4 is 27.5 Å². The van der Waals surface area contributed by atoms with Gasteiger partial charge in [0.1, 0.15) is 33.0 Å². The number of fused-ring (bicyclic) bond motifs is 1. The summed E-state index contributed by atoms with van der Waals surface area (Å²) in [5.74, 6) is -0.558. The predicted octanol–water partition coefficient (Wildman–Crippen LogP) is 3.58. The molecule has 1 aromatic carbocycles. The highest BCUT2D eigenvalue weighted by Gasteiger charge is 2.38. The number of nitrogens with zero attached hydrogens (tertiary/aromatic N) is 6. The van der Waals surface area contributed by atoms with Crippen LogP contribution >= 0.6 is 11.3 Å². The molecule has 0 spiro atoms. The van der Waals surface area contributed by atoms with Crippen LogP contribution in [0.5, 0.6) is 5.75 Å². The lowest BCUT2D eigenvalue weighted by atomic mass is 10.0. The summed E-state index contributed by atoms with van der Waals surface area (Å²) in [6.07, 6.45) is 4.73. The van der Waals surface area contributed by atoms with Gasteiger partial charge in [-0.25, -0.2) is 13.8 Å². The zero-order valence-corrected chi connectivity index (χ0v) is 26.8. The minimum Gasteiger partial charge on any atom is -0.496 e. The molecule has 4 aromatic rings. The molecule has 12 nitrogen and oxygen atoms in total. The van der Waals surface area contributed by atoms with E-state index < -0.39 is 34.6 Å². The first-order valence-corrected chi connectivity index (χ1v) is 15.4. The van der Waals surface area contributed by atoms with Crippen LogP contribution in [0.15, 0.2) is 52.8 Å². The molecular weight excluding hydrogens is 603 g/mol. The third kappa shape index (κ3) is 6.09. The van der Waals surface area contributed by atoms with Crippen molar-refractivity contribution in [3.63, 3.8) is 0 Å². The number of amides is 1. The van der Waals surface area contributed by atoms with Crippen molar-refractivity contribution in [2.75, 3.05) is 33.9 Å². The standard InChI is InChI=1S/C31H37FN6O6S/c1-7-14-35(5)29(40)31(3,4)37-26(39)25-19(2)27(38-33-12-13-34-38)45-28(25)36(30(37)41)18-24(44-21-10-15-43-16-11-21)22-17-20(32)8-9-23(22)42-6/h7-9,12-13,17,21,24H,1,10-11,14-16,18H2,2-6H3. The van der Waals surface area contributed by atoms with E-state index in [0.717, 1.165) is 4.57 Å². The van der Waals surface area contributed by atoms with E-state index in [0.29, 0.717) is 52.8 Å². The Kier molecular flexibility index (Phi) is 9.37. The van der Waals surface area contributed by atoms with Gasteiger partial charge in [-0.1, -0.05) is 17.4 Å². The van der Waals surface area contributed by atoms with E-state index in [-0.39, 0.29) is 24.6 Å². The van der Waals surface area contributed by atoms with Crippen molar-refractivity contribution < 1.29 is 23.4 Å². The predicted molar refractivity (Wildman–Crippen MR) is 168 cm³/mol. The number of aromatic nitrogens is 5. The molecule has 1 unspecified atom stereocenters. The van der Waals surface area contributed by atoms with E-state index in [1.54, 1.807) is 20.0 Å². The summed E-state index contributed by atoms with van der Waals surface area (Å²) in [5.41, 5.74) is -1.95. The van der Waals surface area contributed by atoms with Gasteiger partial charge in [-0.2, -0.15) is 10.2 Å². The fourth-order valence-corrected chi connectivity index (χ4v) is 6.94. The van der Waals surface area contributed by atoms with Gasteiger partial charge in [0, 0.05) is 37.9 Å². The SMILES string of the molecule is C=CCN(C)C(=O)C(C)(C)n1c(=O)c2c(C)c(-n3nccn3)sc2n(CC(OC2CCOCC2)c2cc(F)ccc2OC)c1=O. The number of halogens is 1. The number of hydrogen-bond donors (Lipinski definition) is 0. The molecule has 4 heterocycles. The van der Waals surface area contributed by atoms with Gasteiger partial charge in [-0.05, 0) is 51.8 Å². The van der Waals surface area contributed by atoms with Crippen LogP contribution in [0.3, 0.4) is 0 Å². The molecule has 1 saturated heterocycles. The van der Waals surface area contributed by atoms with Crippen LogP contribution in [0.2, 0.25) is 0 Å². The number of aryl methyl sites for hydroxylation is 1. The molecule has 0 saturated carbocycles. The van der Waals surface area contributed by atoms with Gasteiger partial charge in [-0.15, -0.1) is 11.4 Å². The Morgan fingerprint density at radius 3 is 2.60 bits per heavy atom. The molecular formula is C31H37FN6O6S. The third-order valence-electron chi connectivity index (χ3n) is 8.03.